The Morgan fingerprint density at radius 3 is 2.73 bits per heavy atom. The van der Waals surface area contributed by atoms with Gasteiger partial charge >= 0.3 is 0 Å². The Hall–Kier alpha value is -1.65. The summed E-state index contributed by atoms with van der Waals surface area (Å²) in [5, 5.41) is 14.7. The molecule has 2 aromatic rings. The molecule has 1 atom stereocenters. The first kappa shape index (κ1) is 14.0. The Bertz CT molecular complexity index is 634. The number of hydrogen-bond acceptors (Lipinski definition) is 3. The van der Waals surface area contributed by atoms with E-state index in [0.717, 1.165) is 38.9 Å². The molecular weight excluding hydrogens is 274 g/mol. The van der Waals surface area contributed by atoms with Crippen molar-refractivity contribution in [2.75, 3.05) is 6.54 Å². The zero-order valence-corrected chi connectivity index (χ0v) is 12.9. The predicted molar refractivity (Wildman–Crippen MR) is 85.4 cm³/mol. The third kappa shape index (κ3) is 2.81. The van der Waals surface area contributed by atoms with Crippen molar-refractivity contribution in [1.29, 1.82) is 0 Å². The second-order valence-electron chi connectivity index (χ2n) is 6.76. The average Bonchev–Trinajstić information content (AvgIpc) is 2.95. The van der Waals surface area contributed by atoms with Crippen molar-refractivity contribution in [3.8, 4) is 0 Å². The van der Waals surface area contributed by atoms with Crippen LogP contribution in [0.4, 0.5) is 0 Å². The fourth-order valence-electron chi connectivity index (χ4n) is 3.73. The molecule has 1 N–H and O–H groups in total. The lowest BCUT2D eigenvalue weighted by molar-refractivity contribution is 0.0481. The van der Waals surface area contributed by atoms with Crippen molar-refractivity contribution in [1.82, 2.24) is 14.7 Å². The van der Waals surface area contributed by atoms with E-state index in [9.17, 15) is 5.11 Å². The second-order valence-corrected chi connectivity index (χ2v) is 6.76. The normalized spacial score (nSPS) is 23.8. The van der Waals surface area contributed by atoms with Crippen LogP contribution in [0.1, 0.15) is 36.8 Å². The van der Waals surface area contributed by atoms with Gasteiger partial charge in [0.05, 0.1) is 12.1 Å². The van der Waals surface area contributed by atoms with Crippen LogP contribution in [0.5, 0.6) is 0 Å². The van der Waals surface area contributed by atoms with Gasteiger partial charge < -0.3 is 5.11 Å². The van der Waals surface area contributed by atoms with Crippen LogP contribution >= 0.6 is 0 Å². The summed E-state index contributed by atoms with van der Waals surface area (Å²) in [5.74, 6) is 0. The molecule has 0 radical (unpaired) electrons. The molecule has 0 bridgehead atoms. The van der Waals surface area contributed by atoms with Gasteiger partial charge in [0.2, 0.25) is 0 Å². The average molecular weight is 297 g/mol. The van der Waals surface area contributed by atoms with E-state index in [1.807, 2.05) is 23.1 Å². The lowest BCUT2D eigenvalue weighted by Gasteiger charge is -2.28. The van der Waals surface area contributed by atoms with Gasteiger partial charge in [-0.3, -0.25) is 9.58 Å². The van der Waals surface area contributed by atoms with Gasteiger partial charge in [-0.1, -0.05) is 24.3 Å². The second kappa shape index (κ2) is 5.52. The van der Waals surface area contributed by atoms with Crippen molar-refractivity contribution < 1.29 is 5.11 Å². The smallest absolute Gasteiger partial charge is 0.0804 e. The Balaban J connectivity index is 1.46. The quantitative estimate of drug-likeness (QED) is 0.921. The van der Waals surface area contributed by atoms with Gasteiger partial charge in [0, 0.05) is 25.0 Å². The van der Waals surface area contributed by atoms with Gasteiger partial charge in [-0.15, -0.1) is 0 Å². The SMILES string of the molecule is OC1(C2CCCN2Cc2cccc(Cn3cccn3)c2)CC1. The Kier molecular flexibility index (Phi) is 3.51. The molecule has 1 aromatic carbocycles. The zero-order chi connectivity index (χ0) is 15.0. The van der Waals surface area contributed by atoms with E-state index in [1.165, 1.54) is 17.5 Å². The van der Waals surface area contributed by atoms with Crippen molar-refractivity contribution in [3.05, 3.63) is 53.9 Å². The molecule has 116 valence electrons. The highest BCUT2D eigenvalue weighted by molar-refractivity contribution is 5.24. The maximum atomic E-state index is 10.4. The predicted octanol–water partition coefficient (Wildman–Crippen LogP) is 2.42. The molecule has 22 heavy (non-hydrogen) atoms. The number of likely N-dealkylation sites (tertiary alicyclic amines) is 1. The molecule has 4 rings (SSSR count). The third-order valence-electron chi connectivity index (χ3n) is 5.03. The number of rotatable bonds is 5. The van der Waals surface area contributed by atoms with E-state index < -0.39 is 0 Å². The fourth-order valence-corrected chi connectivity index (χ4v) is 3.73. The maximum absolute atomic E-state index is 10.4. The fraction of sp³-hybridized carbons (Fsp3) is 0.500. The summed E-state index contributed by atoms with van der Waals surface area (Å²) >= 11 is 0. The highest BCUT2D eigenvalue weighted by Crippen LogP contribution is 2.44. The van der Waals surface area contributed by atoms with Gasteiger partial charge in [-0.25, -0.2) is 0 Å². The molecule has 2 heterocycles. The minimum atomic E-state index is -0.386. The first-order valence-corrected chi connectivity index (χ1v) is 8.25. The third-order valence-corrected chi connectivity index (χ3v) is 5.03. The highest BCUT2D eigenvalue weighted by Gasteiger charge is 2.51. The van der Waals surface area contributed by atoms with Crippen molar-refractivity contribution in [2.24, 2.45) is 0 Å². The molecule has 0 amide bonds. The highest BCUT2D eigenvalue weighted by atomic mass is 16.3. The van der Waals surface area contributed by atoms with Crippen molar-refractivity contribution in [3.63, 3.8) is 0 Å². The minimum absolute atomic E-state index is 0.363. The molecule has 1 unspecified atom stereocenters. The topological polar surface area (TPSA) is 41.3 Å². The van der Waals surface area contributed by atoms with E-state index in [4.69, 9.17) is 0 Å². The van der Waals surface area contributed by atoms with Crippen LogP contribution in [0.15, 0.2) is 42.7 Å². The largest absolute Gasteiger partial charge is 0.388 e. The van der Waals surface area contributed by atoms with Crippen LogP contribution in [-0.2, 0) is 13.1 Å². The molecule has 2 aliphatic rings. The standard InChI is InChI=1S/C18H23N3O/c22-18(7-8-18)17-6-2-10-20(17)13-15-4-1-5-16(12-15)14-21-11-3-9-19-21/h1,3-5,9,11-12,17,22H,2,6-8,10,13-14H2. The molecule has 0 spiro atoms. The minimum Gasteiger partial charge on any atom is -0.388 e. The molecule has 1 aliphatic carbocycles. The van der Waals surface area contributed by atoms with Gasteiger partial charge in [0.25, 0.3) is 0 Å². The van der Waals surface area contributed by atoms with Crippen molar-refractivity contribution in [2.45, 2.75) is 50.4 Å². The number of benzene rings is 1. The lowest BCUT2D eigenvalue weighted by atomic mass is 10.1. The summed E-state index contributed by atoms with van der Waals surface area (Å²) in [6.45, 7) is 2.87. The molecule has 2 fully saturated rings. The summed E-state index contributed by atoms with van der Waals surface area (Å²) in [6.07, 6.45) is 8.12. The van der Waals surface area contributed by atoms with E-state index in [1.54, 1.807) is 0 Å². The van der Waals surface area contributed by atoms with Gasteiger partial charge in [-0.2, -0.15) is 5.10 Å². The number of aliphatic hydroxyl groups is 1. The van der Waals surface area contributed by atoms with Crippen LogP contribution in [0.3, 0.4) is 0 Å². The summed E-state index contributed by atoms with van der Waals surface area (Å²) in [7, 11) is 0. The molecule has 4 heteroatoms. The van der Waals surface area contributed by atoms with E-state index >= 15 is 0 Å². The molecule has 1 saturated carbocycles. The first-order chi connectivity index (χ1) is 10.7. The van der Waals surface area contributed by atoms with Crippen LogP contribution in [0, 0.1) is 0 Å². The summed E-state index contributed by atoms with van der Waals surface area (Å²) in [4.78, 5) is 2.47. The molecule has 1 saturated heterocycles. The van der Waals surface area contributed by atoms with Crippen molar-refractivity contribution >= 4 is 0 Å². The number of nitrogens with zero attached hydrogens (tertiary/aromatic N) is 3. The summed E-state index contributed by atoms with van der Waals surface area (Å²) in [5.41, 5.74) is 2.23. The monoisotopic (exact) mass is 297 g/mol. The molecule has 1 aliphatic heterocycles. The number of hydrogen-bond donors (Lipinski definition) is 1. The zero-order valence-electron chi connectivity index (χ0n) is 12.9. The van der Waals surface area contributed by atoms with Crippen LogP contribution < -0.4 is 0 Å². The molecule has 1 aromatic heterocycles. The van der Waals surface area contributed by atoms with E-state index in [-0.39, 0.29) is 5.60 Å². The molecule has 4 nitrogen and oxygen atoms in total. The maximum Gasteiger partial charge on any atom is 0.0804 e. The van der Waals surface area contributed by atoms with Gasteiger partial charge in [0.1, 0.15) is 0 Å². The Morgan fingerprint density at radius 1 is 1.18 bits per heavy atom. The van der Waals surface area contributed by atoms with E-state index in [0.29, 0.717) is 6.04 Å². The first-order valence-electron chi connectivity index (χ1n) is 8.25. The lowest BCUT2D eigenvalue weighted by Crippen LogP contribution is -2.40. The van der Waals surface area contributed by atoms with Crippen LogP contribution in [-0.4, -0.2) is 38.0 Å². The summed E-state index contributed by atoms with van der Waals surface area (Å²) < 4.78 is 1.95. The number of aromatic nitrogens is 2. The van der Waals surface area contributed by atoms with Gasteiger partial charge in [-0.05, 0) is 49.4 Å². The van der Waals surface area contributed by atoms with Crippen LogP contribution in [0.25, 0.3) is 0 Å². The summed E-state index contributed by atoms with van der Waals surface area (Å²) in [6, 6.07) is 11.1. The van der Waals surface area contributed by atoms with Gasteiger partial charge in [0.15, 0.2) is 0 Å². The Labute approximate surface area is 131 Å². The van der Waals surface area contributed by atoms with E-state index in [2.05, 4.69) is 34.3 Å². The Morgan fingerprint density at radius 2 is 2.00 bits per heavy atom. The molecular formula is C18H23N3O. The van der Waals surface area contributed by atoms with Crippen LogP contribution in [0.2, 0.25) is 0 Å².